The highest BCUT2D eigenvalue weighted by Crippen LogP contribution is 2.25. The summed E-state index contributed by atoms with van der Waals surface area (Å²) in [6, 6.07) is 11.2. The molecule has 0 aliphatic carbocycles. The molecule has 2 aromatic rings. The minimum Gasteiger partial charge on any atom is -0.480 e. The molecule has 2 saturated heterocycles. The number of ether oxygens (including phenoxy) is 2. The van der Waals surface area contributed by atoms with E-state index < -0.39 is 30.1 Å². The molecule has 38 heavy (non-hydrogen) atoms. The second-order valence-electron chi connectivity index (χ2n) is 9.28. The van der Waals surface area contributed by atoms with E-state index in [9.17, 15) is 19.5 Å². The monoisotopic (exact) mass is 564 g/mol. The highest BCUT2D eigenvalue weighted by atomic mass is 35.5. The largest absolute Gasteiger partial charge is 0.480 e. The highest BCUT2D eigenvalue weighted by Gasteiger charge is 2.43. The molecule has 0 radical (unpaired) electrons. The fraction of sp³-hybridized carbons (Fsp3) is 0.423. The van der Waals surface area contributed by atoms with Crippen molar-refractivity contribution in [3.63, 3.8) is 0 Å². The topological polar surface area (TPSA) is 120 Å². The Morgan fingerprint density at radius 2 is 1.63 bits per heavy atom. The summed E-state index contributed by atoms with van der Waals surface area (Å²) >= 11 is 12.4. The van der Waals surface area contributed by atoms with E-state index in [0.29, 0.717) is 35.2 Å². The molecule has 2 fully saturated rings. The number of nitrogens with zero attached hydrogens (tertiary/aromatic N) is 2. The van der Waals surface area contributed by atoms with Gasteiger partial charge in [0.2, 0.25) is 0 Å². The third-order valence-electron chi connectivity index (χ3n) is 6.63. The lowest BCUT2D eigenvalue weighted by Gasteiger charge is -2.34. The molecule has 3 N–H and O–H groups in total. The number of carboxylic acids is 1. The number of amides is 2. The zero-order valence-corrected chi connectivity index (χ0v) is 22.4. The predicted octanol–water partition coefficient (Wildman–Crippen LogP) is 2.23. The number of rotatable bonds is 9. The summed E-state index contributed by atoms with van der Waals surface area (Å²) < 4.78 is 10.8. The first-order chi connectivity index (χ1) is 18.2. The van der Waals surface area contributed by atoms with Gasteiger partial charge in [-0.25, -0.2) is 4.79 Å². The van der Waals surface area contributed by atoms with Crippen molar-refractivity contribution in [2.24, 2.45) is 0 Å². The average Bonchev–Trinajstić information content (AvgIpc) is 3.39. The number of aliphatic carboxylic acids is 1. The molecule has 0 saturated carbocycles. The van der Waals surface area contributed by atoms with E-state index >= 15 is 0 Å². The first kappa shape index (κ1) is 28.1. The van der Waals surface area contributed by atoms with Crippen LogP contribution in [0.3, 0.4) is 0 Å². The van der Waals surface area contributed by atoms with Gasteiger partial charge in [-0.2, -0.15) is 0 Å². The average molecular weight is 565 g/mol. The summed E-state index contributed by atoms with van der Waals surface area (Å²) in [6.45, 7) is 2.70. The van der Waals surface area contributed by atoms with Gasteiger partial charge in [0, 0.05) is 60.4 Å². The van der Waals surface area contributed by atoms with Gasteiger partial charge in [0.25, 0.3) is 11.8 Å². The zero-order chi connectivity index (χ0) is 27.2. The van der Waals surface area contributed by atoms with E-state index in [-0.39, 0.29) is 19.1 Å². The van der Waals surface area contributed by atoms with Crippen LogP contribution in [0.2, 0.25) is 10.0 Å². The van der Waals surface area contributed by atoms with E-state index in [0.717, 1.165) is 24.3 Å². The van der Waals surface area contributed by atoms with Crippen molar-refractivity contribution >= 4 is 46.7 Å². The summed E-state index contributed by atoms with van der Waals surface area (Å²) in [6.07, 6.45) is -2.28. The van der Waals surface area contributed by atoms with Crippen LogP contribution in [-0.4, -0.2) is 91.0 Å². The maximum Gasteiger partial charge on any atom is 0.326 e. The van der Waals surface area contributed by atoms with Gasteiger partial charge >= 0.3 is 5.97 Å². The molecule has 2 amide bonds. The van der Waals surface area contributed by atoms with E-state index in [1.54, 1.807) is 47.4 Å². The Bertz CT molecular complexity index is 1140. The number of hydrogen-bond acceptors (Lipinski definition) is 7. The van der Waals surface area contributed by atoms with Crippen LogP contribution < -0.4 is 10.6 Å². The van der Waals surface area contributed by atoms with Gasteiger partial charge in [-0.1, -0.05) is 41.4 Å². The van der Waals surface area contributed by atoms with Crippen LogP contribution in [0, 0.1) is 0 Å². The van der Waals surface area contributed by atoms with Gasteiger partial charge in [-0.3, -0.25) is 9.59 Å². The van der Waals surface area contributed by atoms with Crippen LogP contribution in [0.25, 0.3) is 0 Å². The molecule has 0 spiro atoms. The van der Waals surface area contributed by atoms with E-state index in [1.165, 1.54) is 0 Å². The van der Waals surface area contributed by atoms with E-state index in [2.05, 4.69) is 15.5 Å². The summed E-state index contributed by atoms with van der Waals surface area (Å²) in [4.78, 5) is 41.6. The van der Waals surface area contributed by atoms with Gasteiger partial charge in [0.1, 0.15) is 12.8 Å². The van der Waals surface area contributed by atoms with Crippen molar-refractivity contribution in [1.82, 2.24) is 15.1 Å². The quantitative estimate of drug-likeness (QED) is 0.424. The van der Waals surface area contributed by atoms with E-state index in [4.69, 9.17) is 32.7 Å². The minimum absolute atomic E-state index is 0.0440. The molecule has 0 bridgehead atoms. The summed E-state index contributed by atoms with van der Waals surface area (Å²) in [5, 5.41) is 16.6. The number of nitrogens with one attached hydrogen (secondary N) is 2. The molecule has 2 heterocycles. The molecule has 2 aliphatic rings. The van der Waals surface area contributed by atoms with Gasteiger partial charge < -0.3 is 35.0 Å². The Morgan fingerprint density at radius 3 is 2.26 bits per heavy atom. The van der Waals surface area contributed by atoms with Crippen molar-refractivity contribution in [3.8, 4) is 0 Å². The molecule has 2 aliphatic heterocycles. The lowest BCUT2D eigenvalue weighted by Crippen LogP contribution is -2.55. The number of carbonyl (C=O) groups is 3. The normalized spacial score (nSPS) is 20.7. The number of hydrogen-bond donors (Lipinski definition) is 3. The number of anilines is 1. The standard InChI is InChI=1S/C26H30Cl2N4O6/c1-31-9-11-32(12-10-31)25(34)23-22(37-15-38-23)24(33)30-21(26(35)36)13-16-5-7-17(8-6-16)29-14-18-19(27)3-2-4-20(18)28/h2-8,21-23,29H,9-15H2,1H3,(H,30,33)(H,35,36)/t21-,22+,23+/m0/s1. The second kappa shape index (κ2) is 12.8. The fourth-order valence-corrected chi connectivity index (χ4v) is 4.85. The SMILES string of the molecule is CN1CCN(C(=O)[C@@H]2OCO[C@H]2C(=O)N[C@@H](Cc2ccc(NCc3c(Cl)cccc3Cl)cc2)C(=O)O)CC1. The van der Waals surface area contributed by atoms with Crippen LogP contribution in [0.4, 0.5) is 5.69 Å². The Labute approximate surface area is 230 Å². The zero-order valence-electron chi connectivity index (χ0n) is 20.9. The molecule has 2 aromatic carbocycles. The maximum absolute atomic E-state index is 12.9. The van der Waals surface area contributed by atoms with Gasteiger partial charge in [0.05, 0.1) is 0 Å². The number of likely N-dealkylation sites (N-methyl/N-ethyl adjacent to an activating group) is 1. The molecule has 4 rings (SSSR count). The van der Waals surface area contributed by atoms with Crippen molar-refractivity contribution in [1.29, 1.82) is 0 Å². The number of benzene rings is 2. The predicted molar refractivity (Wildman–Crippen MR) is 142 cm³/mol. The Morgan fingerprint density at radius 1 is 1.00 bits per heavy atom. The van der Waals surface area contributed by atoms with Crippen molar-refractivity contribution in [3.05, 3.63) is 63.6 Å². The summed E-state index contributed by atoms with van der Waals surface area (Å²) in [5.41, 5.74) is 2.27. The highest BCUT2D eigenvalue weighted by molar-refractivity contribution is 6.36. The Kier molecular flexibility index (Phi) is 9.45. The molecule has 12 heteroatoms. The molecule has 0 unspecified atom stereocenters. The first-order valence-corrected chi connectivity index (χ1v) is 13.0. The molecule has 0 aromatic heterocycles. The number of carbonyl (C=O) groups excluding carboxylic acids is 2. The minimum atomic E-state index is -1.22. The van der Waals surface area contributed by atoms with Crippen LogP contribution in [0.1, 0.15) is 11.1 Å². The first-order valence-electron chi connectivity index (χ1n) is 12.2. The third-order valence-corrected chi connectivity index (χ3v) is 7.33. The van der Waals surface area contributed by atoms with Gasteiger partial charge in [-0.05, 0) is 36.9 Å². The fourth-order valence-electron chi connectivity index (χ4n) is 4.32. The lowest BCUT2D eigenvalue weighted by atomic mass is 10.0. The van der Waals surface area contributed by atoms with Crippen LogP contribution >= 0.6 is 23.2 Å². The second-order valence-corrected chi connectivity index (χ2v) is 10.1. The summed E-state index contributed by atoms with van der Waals surface area (Å²) in [7, 11) is 1.97. The van der Waals surface area contributed by atoms with Crippen molar-refractivity contribution < 1.29 is 29.0 Å². The maximum atomic E-state index is 12.9. The third kappa shape index (κ3) is 6.95. The Balaban J connectivity index is 1.34. The van der Waals surface area contributed by atoms with Crippen LogP contribution in [0.15, 0.2) is 42.5 Å². The lowest BCUT2D eigenvalue weighted by molar-refractivity contribution is -0.147. The van der Waals surface area contributed by atoms with Gasteiger partial charge in [0.15, 0.2) is 12.2 Å². The molecule has 10 nitrogen and oxygen atoms in total. The van der Waals surface area contributed by atoms with Crippen LogP contribution in [-0.2, 0) is 36.8 Å². The number of carboxylic acid groups (broad SMARTS) is 1. The van der Waals surface area contributed by atoms with Crippen molar-refractivity contribution in [2.75, 3.05) is 45.3 Å². The number of piperazine rings is 1. The molecule has 3 atom stereocenters. The number of halogens is 2. The van der Waals surface area contributed by atoms with E-state index in [1.807, 2.05) is 7.05 Å². The smallest absolute Gasteiger partial charge is 0.326 e. The molecule has 204 valence electrons. The summed E-state index contributed by atoms with van der Waals surface area (Å²) in [5.74, 6) is -2.23. The van der Waals surface area contributed by atoms with Gasteiger partial charge in [-0.15, -0.1) is 0 Å². The molecular formula is C26H30Cl2N4O6. The molecular weight excluding hydrogens is 535 g/mol. The van der Waals surface area contributed by atoms with Crippen molar-refractivity contribution in [2.45, 2.75) is 31.2 Å². The Hall–Kier alpha value is -2.89. The van der Waals surface area contributed by atoms with Crippen LogP contribution in [0.5, 0.6) is 0 Å².